The second-order valence-corrected chi connectivity index (χ2v) is 8.60. The van der Waals surface area contributed by atoms with Crippen LogP contribution in [0.2, 0.25) is 5.02 Å². The number of rotatable bonds is 12. The lowest BCUT2D eigenvalue weighted by Gasteiger charge is -2.28. The highest BCUT2D eigenvalue weighted by Gasteiger charge is 2.32. The number of carbonyl (C=O) groups excluding carboxylic acids is 2. The van der Waals surface area contributed by atoms with Crippen LogP contribution in [0.15, 0.2) is 46.7 Å². The summed E-state index contributed by atoms with van der Waals surface area (Å²) in [5.41, 5.74) is 4.29. The second-order valence-electron chi connectivity index (χ2n) is 8.20. The molecule has 2 aromatic rings. The van der Waals surface area contributed by atoms with Gasteiger partial charge in [-0.05, 0) is 56.2 Å². The quantitative estimate of drug-likeness (QED) is 0.113. The van der Waals surface area contributed by atoms with Gasteiger partial charge in [0.2, 0.25) is 0 Å². The number of nitrogens with zero attached hydrogens (tertiary/aromatic N) is 1. The molecule has 210 valence electrons. The van der Waals surface area contributed by atoms with Crippen LogP contribution in [0, 0.1) is 0 Å². The van der Waals surface area contributed by atoms with Gasteiger partial charge in [0, 0.05) is 5.70 Å². The maximum Gasteiger partial charge on any atom is 0.337 e. The number of aliphatic hydroxyl groups excluding tert-OH is 1. The highest BCUT2D eigenvalue weighted by atomic mass is 35.5. The van der Waals surface area contributed by atoms with E-state index in [1.54, 1.807) is 45.0 Å². The van der Waals surface area contributed by atoms with Crippen LogP contribution in [0.4, 0.5) is 4.79 Å². The van der Waals surface area contributed by atoms with Crippen molar-refractivity contribution in [1.29, 1.82) is 0 Å². The first kappa shape index (κ1) is 29.4. The van der Waals surface area contributed by atoms with Crippen molar-refractivity contribution >= 4 is 29.8 Å². The Kier molecular flexibility index (Phi) is 10.2. The number of urea groups is 1. The number of benzene rings is 2. The largest absolute Gasteiger partial charge is 0.503 e. The molecule has 13 heteroatoms. The third-order valence-corrected chi connectivity index (χ3v) is 5.75. The van der Waals surface area contributed by atoms with Crippen molar-refractivity contribution in [2.24, 2.45) is 5.10 Å². The summed E-state index contributed by atoms with van der Waals surface area (Å²) in [4.78, 5) is 24.5. The Labute approximate surface area is 230 Å². The molecule has 0 saturated heterocycles. The highest BCUT2D eigenvalue weighted by Crippen LogP contribution is 2.36. The fraction of sp³-hybridized carbons (Fsp3) is 0.346. The Bertz CT molecular complexity index is 1270. The predicted molar refractivity (Wildman–Crippen MR) is 143 cm³/mol. The van der Waals surface area contributed by atoms with E-state index in [1.807, 2.05) is 0 Å². The van der Waals surface area contributed by atoms with E-state index in [1.165, 1.54) is 19.4 Å². The number of aliphatic hydroxyl groups is 1. The van der Waals surface area contributed by atoms with Gasteiger partial charge < -0.3 is 39.8 Å². The van der Waals surface area contributed by atoms with Crippen LogP contribution in [0.25, 0.3) is 0 Å². The van der Waals surface area contributed by atoms with Crippen LogP contribution in [0.1, 0.15) is 37.9 Å². The third-order valence-electron chi connectivity index (χ3n) is 5.46. The Balaban J connectivity index is 1.70. The average molecular weight is 563 g/mol. The third kappa shape index (κ3) is 7.45. The molecule has 1 heterocycles. The van der Waals surface area contributed by atoms with Gasteiger partial charge in [0.15, 0.2) is 29.2 Å². The minimum Gasteiger partial charge on any atom is -0.503 e. The summed E-state index contributed by atoms with van der Waals surface area (Å²) in [5.74, 6) is 0.154. The Morgan fingerprint density at radius 2 is 1.87 bits per heavy atom. The summed E-state index contributed by atoms with van der Waals surface area (Å²) in [7, 11) is 1.26. The maximum atomic E-state index is 12.4. The SMILES string of the molecule is CCOc1cc([C@@H]2NC(=O)NC(C)=C2C(=O)OC)ccc1OC[C@H](O)N/N=C\c1cc(Cl)c(O)c(OCC)c1. The Hall–Kier alpha value is -4.16. The van der Waals surface area contributed by atoms with E-state index >= 15 is 0 Å². The summed E-state index contributed by atoms with van der Waals surface area (Å²) in [6, 6.07) is 6.76. The van der Waals surface area contributed by atoms with Crippen LogP contribution in [-0.4, -0.2) is 61.6 Å². The number of allylic oxidation sites excluding steroid dienone is 1. The molecule has 39 heavy (non-hydrogen) atoms. The molecule has 2 atom stereocenters. The molecule has 2 aromatic carbocycles. The highest BCUT2D eigenvalue weighted by molar-refractivity contribution is 6.32. The number of amides is 2. The van der Waals surface area contributed by atoms with Crippen molar-refractivity contribution < 1.29 is 38.7 Å². The molecule has 1 aliphatic rings. The lowest BCUT2D eigenvalue weighted by molar-refractivity contribution is -0.136. The molecular weight excluding hydrogens is 532 g/mol. The number of hydrogen-bond donors (Lipinski definition) is 5. The molecule has 0 bridgehead atoms. The number of esters is 1. The zero-order valence-electron chi connectivity index (χ0n) is 21.9. The molecule has 12 nitrogen and oxygen atoms in total. The first-order chi connectivity index (χ1) is 18.7. The van der Waals surface area contributed by atoms with E-state index in [9.17, 15) is 19.8 Å². The number of halogens is 1. The van der Waals surface area contributed by atoms with Crippen molar-refractivity contribution in [3.63, 3.8) is 0 Å². The number of aromatic hydroxyl groups is 1. The summed E-state index contributed by atoms with van der Waals surface area (Å²) in [6.45, 7) is 5.67. The number of methoxy groups -OCH3 is 1. The molecule has 0 aromatic heterocycles. The van der Waals surface area contributed by atoms with Gasteiger partial charge in [-0.2, -0.15) is 5.10 Å². The number of phenolic OH excluding ortho intramolecular Hbond substituents is 1. The molecule has 0 fully saturated rings. The number of nitrogens with one attached hydrogen (secondary N) is 3. The fourth-order valence-electron chi connectivity index (χ4n) is 3.75. The second kappa shape index (κ2) is 13.6. The van der Waals surface area contributed by atoms with Gasteiger partial charge in [-0.3, -0.25) is 5.43 Å². The molecule has 0 radical (unpaired) electrons. The van der Waals surface area contributed by atoms with Crippen LogP contribution in [0.3, 0.4) is 0 Å². The zero-order valence-corrected chi connectivity index (χ0v) is 22.7. The summed E-state index contributed by atoms with van der Waals surface area (Å²) in [5, 5.41) is 29.6. The molecule has 2 amide bonds. The van der Waals surface area contributed by atoms with E-state index in [0.717, 1.165) is 0 Å². The van der Waals surface area contributed by atoms with Crippen molar-refractivity contribution in [1.82, 2.24) is 16.1 Å². The Morgan fingerprint density at radius 1 is 1.15 bits per heavy atom. The monoisotopic (exact) mass is 562 g/mol. The maximum absolute atomic E-state index is 12.4. The van der Waals surface area contributed by atoms with Crippen molar-refractivity contribution in [3.05, 3.63) is 57.8 Å². The number of ether oxygens (including phenoxy) is 4. The number of hydrazone groups is 1. The van der Waals surface area contributed by atoms with Gasteiger partial charge in [0.25, 0.3) is 0 Å². The van der Waals surface area contributed by atoms with Gasteiger partial charge in [0.1, 0.15) is 6.61 Å². The van der Waals surface area contributed by atoms with E-state index in [0.29, 0.717) is 41.5 Å². The first-order valence-electron chi connectivity index (χ1n) is 12.1. The van der Waals surface area contributed by atoms with Crippen molar-refractivity contribution in [2.75, 3.05) is 26.9 Å². The zero-order chi connectivity index (χ0) is 28.5. The van der Waals surface area contributed by atoms with Gasteiger partial charge in [-0.25, -0.2) is 9.59 Å². The Morgan fingerprint density at radius 3 is 2.56 bits per heavy atom. The lowest BCUT2D eigenvalue weighted by Crippen LogP contribution is -2.45. The van der Waals surface area contributed by atoms with Crippen molar-refractivity contribution in [3.8, 4) is 23.0 Å². The van der Waals surface area contributed by atoms with Crippen LogP contribution in [-0.2, 0) is 9.53 Å². The van der Waals surface area contributed by atoms with E-state index in [2.05, 4.69) is 21.2 Å². The molecule has 0 spiro atoms. The molecule has 1 aliphatic heterocycles. The first-order valence-corrected chi connectivity index (χ1v) is 12.4. The normalized spacial score (nSPS) is 15.8. The minimum atomic E-state index is -1.19. The predicted octanol–water partition coefficient (Wildman–Crippen LogP) is 2.96. The summed E-state index contributed by atoms with van der Waals surface area (Å²) < 4.78 is 21.7. The number of carbonyl (C=O) groups is 2. The van der Waals surface area contributed by atoms with Gasteiger partial charge in [0.05, 0.1) is 43.2 Å². The molecule has 0 unspecified atom stereocenters. The molecular formula is C26H31ClN4O8. The minimum absolute atomic E-state index is 0.103. The van der Waals surface area contributed by atoms with Gasteiger partial charge in [-0.15, -0.1) is 0 Å². The fourth-order valence-corrected chi connectivity index (χ4v) is 3.97. The van der Waals surface area contributed by atoms with Crippen molar-refractivity contribution in [2.45, 2.75) is 33.0 Å². The topological polar surface area (TPSA) is 160 Å². The van der Waals surface area contributed by atoms with Crippen LogP contribution in [0.5, 0.6) is 23.0 Å². The van der Waals surface area contributed by atoms with Gasteiger partial charge >= 0.3 is 12.0 Å². The standard InChI is InChI=1S/C26H31ClN4O8/c1-5-37-19-11-16(23-22(25(34)36-4)14(3)29-26(35)30-23)7-8-18(19)39-13-21(32)31-28-12-15-9-17(27)24(33)20(10-15)38-6-2/h7-12,21,23,31-33H,5-6,13H2,1-4H3,(H2,29,30,35)/b28-12-/t21-,23-/m0/s1. The van der Waals surface area contributed by atoms with E-state index < -0.39 is 24.3 Å². The molecule has 0 saturated carbocycles. The molecule has 0 aliphatic carbocycles. The van der Waals surface area contributed by atoms with Crippen LogP contribution < -0.4 is 30.3 Å². The average Bonchev–Trinajstić information content (AvgIpc) is 2.90. The number of hydrogen-bond acceptors (Lipinski definition) is 10. The van der Waals surface area contributed by atoms with Gasteiger partial charge in [-0.1, -0.05) is 17.7 Å². The van der Waals surface area contributed by atoms with Crippen LogP contribution >= 0.6 is 11.6 Å². The summed E-state index contributed by atoms with van der Waals surface area (Å²) >= 11 is 6.02. The lowest BCUT2D eigenvalue weighted by atomic mass is 9.95. The summed E-state index contributed by atoms with van der Waals surface area (Å²) in [6.07, 6.45) is 0.216. The molecule has 5 N–H and O–H groups in total. The number of phenols is 1. The van der Waals surface area contributed by atoms with E-state index in [-0.39, 0.29) is 28.7 Å². The molecule has 3 rings (SSSR count). The van der Waals surface area contributed by atoms with E-state index in [4.69, 9.17) is 30.5 Å². The smallest absolute Gasteiger partial charge is 0.337 e.